The van der Waals surface area contributed by atoms with Gasteiger partial charge in [-0.25, -0.2) is 0 Å². The lowest BCUT2D eigenvalue weighted by molar-refractivity contribution is 0.282. The van der Waals surface area contributed by atoms with Crippen molar-refractivity contribution in [1.82, 2.24) is 5.32 Å². The lowest BCUT2D eigenvalue weighted by atomic mass is 10.1. The van der Waals surface area contributed by atoms with Crippen molar-refractivity contribution in [2.45, 2.75) is 20.0 Å². The summed E-state index contributed by atoms with van der Waals surface area (Å²) in [5.41, 5.74) is 3.52. The van der Waals surface area contributed by atoms with Crippen LogP contribution in [0.1, 0.15) is 12.5 Å². The van der Waals surface area contributed by atoms with E-state index >= 15 is 0 Å². The van der Waals surface area contributed by atoms with Crippen molar-refractivity contribution in [3.63, 3.8) is 0 Å². The van der Waals surface area contributed by atoms with E-state index in [2.05, 4.69) is 61.3 Å². The van der Waals surface area contributed by atoms with Crippen LogP contribution in [0.15, 0.2) is 17.1 Å². The second kappa shape index (κ2) is 6.24. The SMILES string of the molecule is Cc1c(OC(C)C2=NCCN2)ccc(N(C)C)c1N(C)C. The highest BCUT2D eigenvalue weighted by Crippen LogP contribution is 2.36. The molecule has 1 aromatic rings. The smallest absolute Gasteiger partial charge is 0.152 e. The molecule has 1 heterocycles. The van der Waals surface area contributed by atoms with Gasteiger partial charge in [-0.15, -0.1) is 0 Å². The quantitative estimate of drug-likeness (QED) is 0.899. The van der Waals surface area contributed by atoms with Crippen LogP contribution in [0.3, 0.4) is 0 Å². The highest BCUT2D eigenvalue weighted by Gasteiger charge is 2.19. The Labute approximate surface area is 127 Å². The van der Waals surface area contributed by atoms with Gasteiger partial charge in [0.2, 0.25) is 0 Å². The molecule has 0 bridgehead atoms. The molecule has 0 aromatic heterocycles. The molecule has 2 rings (SSSR count). The summed E-state index contributed by atoms with van der Waals surface area (Å²) in [6.07, 6.45) is -0.0496. The van der Waals surface area contributed by atoms with Crippen molar-refractivity contribution in [1.29, 1.82) is 0 Å². The Balaban J connectivity index is 2.30. The van der Waals surface area contributed by atoms with Crippen LogP contribution >= 0.6 is 0 Å². The third-order valence-corrected chi connectivity index (χ3v) is 3.68. The van der Waals surface area contributed by atoms with Crippen LogP contribution in [0.2, 0.25) is 0 Å². The normalized spacial score (nSPS) is 15.2. The van der Waals surface area contributed by atoms with Gasteiger partial charge in [-0.05, 0) is 26.0 Å². The summed E-state index contributed by atoms with van der Waals surface area (Å²) in [6, 6.07) is 4.15. The molecule has 1 aliphatic heterocycles. The molecule has 1 aliphatic rings. The average Bonchev–Trinajstić information content (AvgIpc) is 2.94. The van der Waals surface area contributed by atoms with E-state index in [0.29, 0.717) is 0 Å². The predicted molar refractivity (Wildman–Crippen MR) is 90.2 cm³/mol. The van der Waals surface area contributed by atoms with Crippen molar-refractivity contribution in [3.8, 4) is 5.75 Å². The van der Waals surface area contributed by atoms with Gasteiger partial charge in [-0.1, -0.05) is 0 Å². The van der Waals surface area contributed by atoms with Gasteiger partial charge in [0.05, 0.1) is 17.9 Å². The maximum atomic E-state index is 6.12. The highest BCUT2D eigenvalue weighted by atomic mass is 16.5. The number of anilines is 2. The van der Waals surface area contributed by atoms with E-state index in [9.17, 15) is 0 Å². The number of aliphatic imine (C=N–C) groups is 1. The number of hydrogen-bond acceptors (Lipinski definition) is 5. The molecular weight excluding hydrogens is 264 g/mol. The maximum absolute atomic E-state index is 6.12. The van der Waals surface area contributed by atoms with E-state index in [0.717, 1.165) is 30.2 Å². The van der Waals surface area contributed by atoms with Gasteiger partial charge in [0.25, 0.3) is 0 Å². The Morgan fingerprint density at radius 2 is 1.90 bits per heavy atom. The summed E-state index contributed by atoms with van der Waals surface area (Å²) in [5, 5.41) is 3.27. The largest absolute Gasteiger partial charge is 0.482 e. The van der Waals surface area contributed by atoms with Crippen LogP contribution in [0.4, 0.5) is 11.4 Å². The van der Waals surface area contributed by atoms with Gasteiger partial charge in [-0.2, -0.15) is 0 Å². The monoisotopic (exact) mass is 290 g/mol. The Morgan fingerprint density at radius 1 is 1.19 bits per heavy atom. The zero-order valence-electron chi connectivity index (χ0n) is 13.9. The molecule has 1 unspecified atom stereocenters. The summed E-state index contributed by atoms with van der Waals surface area (Å²) >= 11 is 0. The van der Waals surface area contributed by atoms with Crippen molar-refractivity contribution >= 4 is 17.2 Å². The molecule has 5 heteroatoms. The fraction of sp³-hybridized carbons (Fsp3) is 0.562. The molecule has 5 nitrogen and oxygen atoms in total. The Morgan fingerprint density at radius 3 is 2.43 bits per heavy atom. The van der Waals surface area contributed by atoms with Gasteiger partial charge >= 0.3 is 0 Å². The minimum absolute atomic E-state index is 0.0496. The number of nitrogens with one attached hydrogen (secondary N) is 1. The molecule has 0 spiro atoms. The van der Waals surface area contributed by atoms with Gasteiger partial charge in [-0.3, -0.25) is 4.99 Å². The highest BCUT2D eigenvalue weighted by molar-refractivity contribution is 5.88. The Bertz CT molecular complexity index is 537. The maximum Gasteiger partial charge on any atom is 0.152 e. The van der Waals surface area contributed by atoms with Crippen LogP contribution in [0.25, 0.3) is 0 Å². The second-order valence-electron chi connectivity index (χ2n) is 5.80. The van der Waals surface area contributed by atoms with E-state index in [-0.39, 0.29) is 6.10 Å². The predicted octanol–water partition coefficient (Wildman–Crippen LogP) is 1.90. The van der Waals surface area contributed by atoms with Crippen molar-refractivity contribution in [3.05, 3.63) is 17.7 Å². The number of ether oxygens (including phenoxy) is 1. The summed E-state index contributed by atoms with van der Waals surface area (Å²) in [5.74, 6) is 1.85. The third kappa shape index (κ3) is 3.23. The molecule has 0 saturated carbocycles. The van der Waals surface area contributed by atoms with Crippen molar-refractivity contribution in [2.24, 2.45) is 4.99 Å². The molecule has 1 N–H and O–H groups in total. The zero-order chi connectivity index (χ0) is 15.6. The molecule has 0 radical (unpaired) electrons. The number of nitrogens with zero attached hydrogens (tertiary/aromatic N) is 3. The molecular formula is C16H26N4O. The number of amidine groups is 1. The Kier molecular flexibility index (Phi) is 4.60. The van der Waals surface area contributed by atoms with E-state index in [1.807, 2.05) is 13.0 Å². The van der Waals surface area contributed by atoms with Crippen LogP contribution < -0.4 is 19.9 Å². The molecule has 116 valence electrons. The lowest BCUT2D eigenvalue weighted by Gasteiger charge is -2.27. The lowest BCUT2D eigenvalue weighted by Crippen LogP contribution is -2.33. The first-order valence-electron chi connectivity index (χ1n) is 7.35. The minimum atomic E-state index is -0.0496. The van der Waals surface area contributed by atoms with Gasteiger partial charge in [0.1, 0.15) is 11.6 Å². The Hall–Kier alpha value is -1.91. The fourth-order valence-electron chi connectivity index (χ4n) is 2.66. The third-order valence-electron chi connectivity index (χ3n) is 3.68. The zero-order valence-corrected chi connectivity index (χ0v) is 13.9. The molecule has 0 aliphatic carbocycles. The first-order valence-corrected chi connectivity index (χ1v) is 7.35. The first kappa shape index (κ1) is 15.5. The van der Waals surface area contributed by atoms with Gasteiger partial charge < -0.3 is 19.9 Å². The van der Waals surface area contributed by atoms with E-state index in [4.69, 9.17) is 4.74 Å². The number of rotatable bonds is 5. The van der Waals surface area contributed by atoms with E-state index in [1.54, 1.807) is 0 Å². The van der Waals surface area contributed by atoms with Crippen LogP contribution in [0.5, 0.6) is 5.75 Å². The van der Waals surface area contributed by atoms with Gasteiger partial charge in [0.15, 0.2) is 6.10 Å². The summed E-state index contributed by atoms with van der Waals surface area (Å²) in [4.78, 5) is 8.68. The van der Waals surface area contributed by atoms with E-state index < -0.39 is 0 Å². The average molecular weight is 290 g/mol. The topological polar surface area (TPSA) is 40.1 Å². The summed E-state index contributed by atoms with van der Waals surface area (Å²) in [7, 11) is 8.24. The minimum Gasteiger partial charge on any atom is -0.482 e. The van der Waals surface area contributed by atoms with E-state index in [1.165, 1.54) is 11.4 Å². The fourth-order valence-corrected chi connectivity index (χ4v) is 2.66. The number of hydrogen-bond donors (Lipinski definition) is 1. The molecule has 1 atom stereocenters. The summed E-state index contributed by atoms with van der Waals surface area (Å²) in [6.45, 7) is 5.88. The molecule has 0 fully saturated rings. The van der Waals surface area contributed by atoms with Crippen LogP contribution in [-0.4, -0.2) is 53.2 Å². The van der Waals surface area contributed by atoms with Crippen molar-refractivity contribution in [2.75, 3.05) is 51.1 Å². The first-order chi connectivity index (χ1) is 9.91. The second-order valence-corrected chi connectivity index (χ2v) is 5.80. The van der Waals surface area contributed by atoms with Crippen LogP contribution in [-0.2, 0) is 0 Å². The van der Waals surface area contributed by atoms with Crippen LogP contribution in [0, 0.1) is 6.92 Å². The van der Waals surface area contributed by atoms with Crippen molar-refractivity contribution < 1.29 is 4.74 Å². The number of benzene rings is 1. The molecule has 21 heavy (non-hydrogen) atoms. The van der Waals surface area contributed by atoms with Gasteiger partial charge in [0, 0.05) is 40.3 Å². The standard InChI is InChI=1S/C16H26N4O/c1-11-14(21-12(2)16-17-9-10-18-16)8-7-13(19(3)4)15(11)20(5)6/h7-8,12H,9-10H2,1-6H3,(H,17,18). The molecule has 0 saturated heterocycles. The summed E-state index contributed by atoms with van der Waals surface area (Å²) < 4.78 is 6.12. The molecule has 0 amide bonds. The molecule has 1 aromatic carbocycles.